The average Bonchev–Trinajstić information content (AvgIpc) is 2.64. The van der Waals surface area contributed by atoms with Gasteiger partial charge in [-0.05, 0) is 36.2 Å². The van der Waals surface area contributed by atoms with Crippen molar-refractivity contribution in [2.24, 2.45) is 0 Å². The van der Waals surface area contributed by atoms with Gasteiger partial charge in [-0.1, -0.05) is 6.92 Å². The van der Waals surface area contributed by atoms with Gasteiger partial charge in [0.1, 0.15) is 0 Å². The van der Waals surface area contributed by atoms with Crippen molar-refractivity contribution in [3.05, 3.63) is 29.0 Å². The van der Waals surface area contributed by atoms with Crippen molar-refractivity contribution in [1.29, 1.82) is 0 Å². The molecular formula is C11H12ClN3O. The fourth-order valence-electron chi connectivity index (χ4n) is 1.46. The van der Waals surface area contributed by atoms with E-state index in [2.05, 4.69) is 15.3 Å². The first-order chi connectivity index (χ1) is 7.70. The number of H-pyrrole nitrogens is 1. The van der Waals surface area contributed by atoms with Gasteiger partial charge in [-0.15, -0.1) is 0 Å². The molecule has 2 aromatic rings. The molecule has 1 aromatic carbocycles. The largest absolute Gasteiger partial charge is 0.352 e. The van der Waals surface area contributed by atoms with Gasteiger partial charge in [0, 0.05) is 12.1 Å². The highest BCUT2D eigenvalue weighted by atomic mass is 35.5. The summed E-state index contributed by atoms with van der Waals surface area (Å²) in [5.41, 5.74) is 2.15. The van der Waals surface area contributed by atoms with Gasteiger partial charge in [-0.3, -0.25) is 4.79 Å². The zero-order valence-corrected chi connectivity index (χ0v) is 9.64. The molecule has 0 spiro atoms. The van der Waals surface area contributed by atoms with E-state index in [9.17, 15) is 4.79 Å². The number of imidazole rings is 1. The molecule has 4 nitrogen and oxygen atoms in total. The molecule has 1 aromatic heterocycles. The summed E-state index contributed by atoms with van der Waals surface area (Å²) in [6.07, 6.45) is 0.921. The number of hydrogen-bond acceptors (Lipinski definition) is 2. The maximum absolute atomic E-state index is 11.7. The molecule has 2 rings (SSSR count). The van der Waals surface area contributed by atoms with E-state index >= 15 is 0 Å². The van der Waals surface area contributed by atoms with Crippen molar-refractivity contribution in [3.8, 4) is 0 Å². The lowest BCUT2D eigenvalue weighted by atomic mass is 10.2. The predicted octanol–water partition coefficient (Wildman–Crippen LogP) is 2.36. The van der Waals surface area contributed by atoms with Crippen LogP contribution in [-0.4, -0.2) is 22.4 Å². The molecular weight excluding hydrogens is 226 g/mol. The molecule has 84 valence electrons. The van der Waals surface area contributed by atoms with Gasteiger partial charge < -0.3 is 10.3 Å². The van der Waals surface area contributed by atoms with Gasteiger partial charge in [0.25, 0.3) is 5.91 Å². The molecule has 1 heterocycles. The minimum absolute atomic E-state index is 0.0746. The van der Waals surface area contributed by atoms with E-state index in [4.69, 9.17) is 11.6 Å². The third kappa shape index (κ3) is 2.17. The predicted molar refractivity (Wildman–Crippen MR) is 63.7 cm³/mol. The van der Waals surface area contributed by atoms with Gasteiger partial charge in [0.2, 0.25) is 5.28 Å². The zero-order valence-electron chi connectivity index (χ0n) is 8.88. The molecule has 0 aliphatic rings. The van der Waals surface area contributed by atoms with Crippen LogP contribution in [0.2, 0.25) is 5.28 Å². The monoisotopic (exact) mass is 237 g/mol. The summed E-state index contributed by atoms with van der Waals surface area (Å²) in [5.74, 6) is -0.0746. The number of nitrogens with one attached hydrogen (secondary N) is 2. The highest BCUT2D eigenvalue weighted by molar-refractivity contribution is 6.29. The zero-order chi connectivity index (χ0) is 11.5. The molecule has 5 heteroatoms. The quantitative estimate of drug-likeness (QED) is 0.861. The van der Waals surface area contributed by atoms with Crippen LogP contribution >= 0.6 is 11.6 Å². The van der Waals surface area contributed by atoms with E-state index in [1.54, 1.807) is 18.2 Å². The van der Waals surface area contributed by atoms with E-state index in [0.717, 1.165) is 17.5 Å². The highest BCUT2D eigenvalue weighted by Crippen LogP contribution is 2.16. The molecule has 0 bridgehead atoms. The molecule has 2 N–H and O–H groups in total. The van der Waals surface area contributed by atoms with Crippen LogP contribution in [0.1, 0.15) is 23.7 Å². The fourth-order valence-corrected chi connectivity index (χ4v) is 1.65. The van der Waals surface area contributed by atoms with Gasteiger partial charge in [0.15, 0.2) is 0 Å². The molecule has 1 amide bonds. The third-order valence-electron chi connectivity index (χ3n) is 2.25. The number of amides is 1. The van der Waals surface area contributed by atoms with E-state index in [1.165, 1.54) is 0 Å². The second-order valence-electron chi connectivity index (χ2n) is 3.52. The molecule has 0 aliphatic heterocycles. The maximum atomic E-state index is 11.7. The molecule has 16 heavy (non-hydrogen) atoms. The SMILES string of the molecule is CCCNC(=O)c1ccc2nc(Cl)[nH]c2c1. The lowest BCUT2D eigenvalue weighted by molar-refractivity contribution is 0.0954. The Hall–Kier alpha value is -1.55. The maximum Gasteiger partial charge on any atom is 0.251 e. The summed E-state index contributed by atoms with van der Waals surface area (Å²) in [5, 5.41) is 3.15. The van der Waals surface area contributed by atoms with Crippen molar-refractivity contribution < 1.29 is 4.79 Å². The number of carbonyl (C=O) groups excluding carboxylic acids is 1. The minimum Gasteiger partial charge on any atom is -0.352 e. The van der Waals surface area contributed by atoms with Crippen LogP contribution in [0.5, 0.6) is 0 Å². The molecule has 0 unspecified atom stereocenters. The van der Waals surface area contributed by atoms with E-state index in [-0.39, 0.29) is 5.91 Å². The third-order valence-corrected chi connectivity index (χ3v) is 2.43. The standard InChI is InChI=1S/C11H12ClN3O/c1-2-5-13-10(16)7-3-4-8-9(6-7)15-11(12)14-8/h3-4,6H,2,5H2,1H3,(H,13,16)(H,14,15). The molecule has 0 saturated heterocycles. The number of carbonyl (C=O) groups is 1. The van der Waals surface area contributed by atoms with E-state index < -0.39 is 0 Å². The normalized spacial score (nSPS) is 10.6. The van der Waals surface area contributed by atoms with Crippen molar-refractivity contribution >= 4 is 28.5 Å². The summed E-state index contributed by atoms with van der Waals surface area (Å²) < 4.78 is 0. The Morgan fingerprint density at radius 2 is 2.38 bits per heavy atom. The molecule has 0 atom stereocenters. The summed E-state index contributed by atoms with van der Waals surface area (Å²) in [7, 11) is 0. The summed E-state index contributed by atoms with van der Waals surface area (Å²) in [6.45, 7) is 2.69. The van der Waals surface area contributed by atoms with Crippen molar-refractivity contribution in [3.63, 3.8) is 0 Å². The molecule has 0 radical (unpaired) electrons. The number of benzene rings is 1. The minimum atomic E-state index is -0.0746. The topological polar surface area (TPSA) is 57.8 Å². The Morgan fingerprint density at radius 1 is 1.56 bits per heavy atom. The fraction of sp³-hybridized carbons (Fsp3) is 0.273. The van der Waals surface area contributed by atoms with Crippen LogP contribution in [0, 0.1) is 0 Å². The van der Waals surface area contributed by atoms with Gasteiger partial charge in [-0.2, -0.15) is 0 Å². The first-order valence-electron chi connectivity index (χ1n) is 5.14. The smallest absolute Gasteiger partial charge is 0.251 e. The molecule has 0 saturated carbocycles. The summed E-state index contributed by atoms with van der Waals surface area (Å²) in [4.78, 5) is 18.6. The summed E-state index contributed by atoms with van der Waals surface area (Å²) >= 11 is 5.73. The number of nitrogens with zero attached hydrogens (tertiary/aromatic N) is 1. The van der Waals surface area contributed by atoms with Crippen molar-refractivity contribution in [1.82, 2.24) is 15.3 Å². The number of fused-ring (bicyclic) bond motifs is 1. The number of aromatic amines is 1. The Labute approximate surface area is 98.0 Å². The van der Waals surface area contributed by atoms with Crippen LogP contribution in [0.15, 0.2) is 18.2 Å². The lowest BCUT2D eigenvalue weighted by Crippen LogP contribution is -2.23. The van der Waals surface area contributed by atoms with Gasteiger partial charge in [-0.25, -0.2) is 4.98 Å². The van der Waals surface area contributed by atoms with Crippen LogP contribution < -0.4 is 5.32 Å². The number of halogens is 1. The van der Waals surface area contributed by atoms with Crippen molar-refractivity contribution in [2.75, 3.05) is 6.54 Å². The van der Waals surface area contributed by atoms with Crippen LogP contribution in [0.4, 0.5) is 0 Å². The van der Waals surface area contributed by atoms with E-state index in [1.807, 2.05) is 6.92 Å². The van der Waals surface area contributed by atoms with Gasteiger partial charge >= 0.3 is 0 Å². The summed E-state index contributed by atoms with van der Waals surface area (Å²) in [6, 6.07) is 5.27. The van der Waals surface area contributed by atoms with Crippen LogP contribution in [0.3, 0.4) is 0 Å². The first kappa shape index (κ1) is 11.0. The lowest BCUT2D eigenvalue weighted by Gasteiger charge is -2.02. The Morgan fingerprint density at radius 3 is 3.12 bits per heavy atom. The van der Waals surface area contributed by atoms with Gasteiger partial charge in [0.05, 0.1) is 11.0 Å². The first-order valence-corrected chi connectivity index (χ1v) is 5.52. The second kappa shape index (κ2) is 4.53. The Kier molecular flexibility index (Phi) is 3.10. The van der Waals surface area contributed by atoms with E-state index in [0.29, 0.717) is 17.4 Å². The second-order valence-corrected chi connectivity index (χ2v) is 3.87. The highest BCUT2D eigenvalue weighted by Gasteiger charge is 2.07. The Bertz CT molecular complexity index is 521. The van der Waals surface area contributed by atoms with Crippen LogP contribution in [-0.2, 0) is 0 Å². The number of aromatic nitrogens is 2. The van der Waals surface area contributed by atoms with Crippen molar-refractivity contribution in [2.45, 2.75) is 13.3 Å². The number of rotatable bonds is 3. The Balaban J connectivity index is 2.28. The molecule has 0 fully saturated rings. The van der Waals surface area contributed by atoms with Crippen LogP contribution in [0.25, 0.3) is 11.0 Å². The average molecular weight is 238 g/mol. The molecule has 0 aliphatic carbocycles. The number of hydrogen-bond donors (Lipinski definition) is 2.